The van der Waals surface area contributed by atoms with Crippen LogP contribution in [0.1, 0.15) is 48.0 Å². The number of nitrogens with one attached hydrogen (secondary N) is 1. The number of aliphatic imine (C=N–C) groups is 1. The summed E-state index contributed by atoms with van der Waals surface area (Å²) in [5.74, 6) is 0.0761. The van der Waals surface area contributed by atoms with Crippen LogP contribution in [0, 0.1) is 11.8 Å². The van der Waals surface area contributed by atoms with Gasteiger partial charge in [0.25, 0.3) is 0 Å². The molecule has 2 aliphatic rings. The molecule has 3 atom stereocenters. The van der Waals surface area contributed by atoms with Crippen LogP contribution in [0.25, 0.3) is 6.08 Å². The Bertz CT molecular complexity index is 1180. The van der Waals surface area contributed by atoms with Crippen LogP contribution in [-0.4, -0.2) is 23.8 Å². The van der Waals surface area contributed by atoms with E-state index >= 15 is 0 Å². The summed E-state index contributed by atoms with van der Waals surface area (Å²) >= 11 is 0. The summed E-state index contributed by atoms with van der Waals surface area (Å²) in [6.45, 7) is 6.39. The van der Waals surface area contributed by atoms with Gasteiger partial charge < -0.3 is 9.72 Å². The molecular weight excluding hydrogens is 400 g/mol. The van der Waals surface area contributed by atoms with Crippen LogP contribution in [0.5, 0.6) is 0 Å². The highest BCUT2D eigenvalue weighted by Gasteiger charge is 2.48. The van der Waals surface area contributed by atoms with E-state index in [2.05, 4.69) is 37.1 Å². The maximum atomic E-state index is 12.0. The van der Waals surface area contributed by atoms with E-state index in [4.69, 9.17) is 9.73 Å². The number of rotatable bonds is 5. The van der Waals surface area contributed by atoms with E-state index in [1.165, 1.54) is 5.57 Å². The SMILES string of the molecule is CC=C1C2C=CC(C)C1(N=C/C=C/c1ccc(C(=O)OCC)cc1)c1ccc(=O)[nH]c1C2. The number of pyridine rings is 1. The lowest BCUT2D eigenvalue weighted by Gasteiger charge is -2.47. The summed E-state index contributed by atoms with van der Waals surface area (Å²) < 4.78 is 5.03. The maximum absolute atomic E-state index is 12.0. The molecule has 0 fully saturated rings. The van der Waals surface area contributed by atoms with Gasteiger partial charge in [0.15, 0.2) is 0 Å². The average Bonchev–Trinajstić information content (AvgIpc) is 2.79. The molecule has 2 aromatic rings. The number of H-pyrrole nitrogens is 1. The fraction of sp³-hybridized carbons (Fsp3) is 0.296. The smallest absolute Gasteiger partial charge is 0.338 e. The van der Waals surface area contributed by atoms with E-state index in [0.29, 0.717) is 12.2 Å². The highest BCUT2D eigenvalue weighted by atomic mass is 16.5. The van der Waals surface area contributed by atoms with Crippen LogP contribution < -0.4 is 5.56 Å². The van der Waals surface area contributed by atoms with E-state index in [-0.39, 0.29) is 23.4 Å². The first kappa shape index (κ1) is 21.8. The Kier molecular flexibility index (Phi) is 6.08. The van der Waals surface area contributed by atoms with Gasteiger partial charge in [-0.15, -0.1) is 0 Å². The fourth-order valence-corrected chi connectivity index (χ4v) is 4.88. The molecule has 1 aromatic heterocycles. The Morgan fingerprint density at radius 1 is 1.22 bits per heavy atom. The van der Waals surface area contributed by atoms with Crippen molar-refractivity contribution in [3.05, 3.63) is 99.0 Å². The van der Waals surface area contributed by atoms with Crippen LogP contribution in [0.4, 0.5) is 0 Å². The van der Waals surface area contributed by atoms with E-state index in [1.807, 2.05) is 36.6 Å². The fourth-order valence-electron chi connectivity index (χ4n) is 4.88. The van der Waals surface area contributed by atoms with Gasteiger partial charge in [-0.25, -0.2) is 4.79 Å². The molecule has 0 amide bonds. The molecule has 1 aromatic carbocycles. The Balaban J connectivity index is 1.65. The number of esters is 1. The molecule has 4 rings (SSSR count). The standard InChI is InChI=1S/C27H28N2O3/c1-4-22-21-11-8-18(3)27(22,23-14-15-25(30)29-24(23)17-21)28-16-6-7-19-9-12-20(13-10-19)26(31)32-5-2/h4,6-16,18,21H,5,17H2,1-3H3,(H,29,30)/b7-6+,22-4?,28-16?. The van der Waals surface area contributed by atoms with Crippen molar-refractivity contribution in [3.63, 3.8) is 0 Å². The van der Waals surface area contributed by atoms with Gasteiger partial charge in [-0.05, 0) is 55.7 Å². The number of fused-ring (bicyclic) bond motifs is 4. The number of aromatic amines is 1. The van der Waals surface area contributed by atoms with Crippen molar-refractivity contribution in [2.45, 2.75) is 32.7 Å². The Morgan fingerprint density at radius 2 is 2.00 bits per heavy atom. The molecule has 164 valence electrons. The summed E-state index contributed by atoms with van der Waals surface area (Å²) in [6.07, 6.45) is 13.2. The molecule has 5 heteroatoms. The number of hydrogen-bond acceptors (Lipinski definition) is 4. The van der Waals surface area contributed by atoms with Gasteiger partial charge in [-0.1, -0.05) is 43.4 Å². The molecule has 0 saturated heterocycles. The highest BCUT2D eigenvalue weighted by molar-refractivity contribution is 5.89. The third-order valence-electron chi connectivity index (χ3n) is 6.35. The number of carbonyl (C=O) groups excluding carboxylic acids is 1. The summed E-state index contributed by atoms with van der Waals surface area (Å²) in [5.41, 5.74) is 4.22. The molecule has 3 unspecified atom stereocenters. The number of ether oxygens (including phenoxy) is 1. The van der Waals surface area contributed by atoms with E-state index in [0.717, 1.165) is 23.2 Å². The van der Waals surface area contributed by atoms with Gasteiger partial charge in [-0.2, -0.15) is 0 Å². The second kappa shape index (κ2) is 8.95. The number of aromatic nitrogens is 1. The molecule has 32 heavy (non-hydrogen) atoms. The first-order chi connectivity index (χ1) is 15.5. The van der Waals surface area contributed by atoms with Gasteiger partial charge in [-0.3, -0.25) is 9.79 Å². The number of allylic oxidation sites excluding steroid dienone is 3. The van der Waals surface area contributed by atoms with Crippen LogP contribution in [-0.2, 0) is 16.7 Å². The minimum absolute atomic E-state index is 0.0762. The molecule has 2 aliphatic carbocycles. The zero-order chi connectivity index (χ0) is 22.7. The highest BCUT2D eigenvalue weighted by Crippen LogP contribution is 2.52. The molecule has 1 heterocycles. The minimum atomic E-state index is -0.524. The largest absolute Gasteiger partial charge is 0.462 e. The first-order valence-corrected chi connectivity index (χ1v) is 11.1. The van der Waals surface area contributed by atoms with Crippen molar-refractivity contribution in [1.82, 2.24) is 4.98 Å². The molecule has 5 nitrogen and oxygen atoms in total. The molecule has 0 saturated carbocycles. The van der Waals surface area contributed by atoms with Gasteiger partial charge in [0, 0.05) is 35.4 Å². The van der Waals surface area contributed by atoms with E-state index < -0.39 is 5.54 Å². The first-order valence-electron chi connectivity index (χ1n) is 11.1. The molecule has 0 radical (unpaired) electrons. The minimum Gasteiger partial charge on any atom is -0.462 e. The Hall–Kier alpha value is -3.47. The predicted octanol–water partition coefficient (Wildman–Crippen LogP) is 4.86. The average molecular weight is 429 g/mol. The third-order valence-corrected chi connectivity index (χ3v) is 6.35. The van der Waals surface area contributed by atoms with Crippen molar-refractivity contribution in [1.29, 1.82) is 0 Å². The lowest BCUT2D eigenvalue weighted by atomic mass is 9.61. The lowest BCUT2D eigenvalue weighted by molar-refractivity contribution is 0.0526. The number of carbonyl (C=O) groups is 1. The number of hydrogen-bond donors (Lipinski definition) is 1. The molecule has 0 spiro atoms. The van der Waals surface area contributed by atoms with Crippen molar-refractivity contribution < 1.29 is 9.53 Å². The van der Waals surface area contributed by atoms with Crippen LogP contribution in [0.3, 0.4) is 0 Å². The lowest BCUT2D eigenvalue weighted by Crippen LogP contribution is -2.44. The summed E-state index contributed by atoms with van der Waals surface area (Å²) in [7, 11) is 0. The summed E-state index contributed by atoms with van der Waals surface area (Å²) in [6, 6.07) is 10.8. The van der Waals surface area contributed by atoms with E-state index in [9.17, 15) is 9.59 Å². The molecular formula is C27H28N2O3. The second-order valence-corrected chi connectivity index (χ2v) is 8.19. The molecule has 1 N–H and O–H groups in total. The number of nitrogens with zero attached hydrogens (tertiary/aromatic N) is 1. The van der Waals surface area contributed by atoms with Crippen molar-refractivity contribution in [2.75, 3.05) is 6.61 Å². The number of benzene rings is 1. The van der Waals surface area contributed by atoms with Crippen molar-refractivity contribution in [3.8, 4) is 0 Å². The van der Waals surface area contributed by atoms with Gasteiger partial charge in [0.05, 0.1) is 12.2 Å². The topological polar surface area (TPSA) is 71.5 Å². The summed E-state index contributed by atoms with van der Waals surface area (Å²) in [5, 5.41) is 0. The maximum Gasteiger partial charge on any atom is 0.338 e. The van der Waals surface area contributed by atoms with Crippen LogP contribution >= 0.6 is 0 Å². The van der Waals surface area contributed by atoms with Gasteiger partial charge >= 0.3 is 5.97 Å². The summed E-state index contributed by atoms with van der Waals surface area (Å²) in [4.78, 5) is 31.9. The second-order valence-electron chi connectivity index (χ2n) is 8.19. The van der Waals surface area contributed by atoms with Crippen LogP contribution in [0.15, 0.2) is 76.1 Å². The predicted molar refractivity (Wildman–Crippen MR) is 128 cm³/mol. The quantitative estimate of drug-likeness (QED) is 0.420. The zero-order valence-corrected chi connectivity index (χ0v) is 18.7. The Morgan fingerprint density at radius 3 is 2.72 bits per heavy atom. The molecule has 0 aliphatic heterocycles. The van der Waals surface area contributed by atoms with Gasteiger partial charge in [0.2, 0.25) is 5.56 Å². The van der Waals surface area contributed by atoms with Crippen LogP contribution in [0.2, 0.25) is 0 Å². The zero-order valence-electron chi connectivity index (χ0n) is 18.7. The van der Waals surface area contributed by atoms with E-state index in [1.54, 1.807) is 25.1 Å². The third kappa shape index (κ3) is 3.79. The van der Waals surface area contributed by atoms with Gasteiger partial charge in [0.1, 0.15) is 5.54 Å². The van der Waals surface area contributed by atoms with Crippen molar-refractivity contribution >= 4 is 18.3 Å². The van der Waals surface area contributed by atoms with Crippen molar-refractivity contribution in [2.24, 2.45) is 16.8 Å². The Labute approximate surface area is 188 Å². The molecule has 2 bridgehead atoms. The monoisotopic (exact) mass is 428 g/mol. The normalized spacial score (nSPS) is 25.4.